The predicted octanol–water partition coefficient (Wildman–Crippen LogP) is 2.20. The molecule has 4 nitrogen and oxygen atoms in total. The summed E-state index contributed by atoms with van der Waals surface area (Å²) in [7, 11) is -0.727. The van der Waals surface area contributed by atoms with Gasteiger partial charge in [-0.1, -0.05) is 0 Å². The highest BCUT2D eigenvalue weighted by atomic mass is 31.2. The quantitative estimate of drug-likeness (QED) is 0.627. The lowest BCUT2D eigenvalue weighted by Crippen LogP contribution is -2.18. The minimum absolute atomic E-state index is 0.526. The van der Waals surface area contributed by atoms with Crippen LogP contribution in [-0.2, 0) is 18.1 Å². The van der Waals surface area contributed by atoms with Crippen molar-refractivity contribution in [3.63, 3.8) is 0 Å². The van der Waals surface area contributed by atoms with E-state index in [1.54, 1.807) is 20.8 Å². The van der Waals surface area contributed by atoms with Crippen LogP contribution in [-0.4, -0.2) is 19.8 Å². The standard InChI is InChI=1S/C6H15O4P/c1-6(2,3)10-11(7,8-4)9-5/h1-5H3. The molecule has 0 aromatic heterocycles. The fourth-order valence-corrected chi connectivity index (χ4v) is 1.45. The molecule has 0 rings (SSSR count). The first kappa shape index (κ1) is 11.1. The topological polar surface area (TPSA) is 44.8 Å². The summed E-state index contributed by atoms with van der Waals surface area (Å²) in [5, 5.41) is 0. The van der Waals surface area contributed by atoms with Crippen molar-refractivity contribution in [3.05, 3.63) is 0 Å². The van der Waals surface area contributed by atoms with Crippen molar-refractivity contribution in [2.45, 2.75) is 26.4 Å². The Labute approximate surface area is 67.5 Å². The van der Waals surface area contributed by atoms with Gasteiger partial charge in [0.1, 0.15) is 0 Å². The van der Waals surface area contributed by atoms with Crippen LogP contribution in [0.2, 0.25) is 0 Å². The maximum atomic E-state index is 11.3. The fourth-order valence-electron chi connectivity index (χ4n) is 0.484. The van der Waals surface area contributed by atoms with E-state index in [0.29, 0.717) is 0 Å². The van der Waals surface area contributed by atoms with Crippen molar-refractivity contribution in [3.8, 4) is 0 Å². The molecule has 5 heteroatoms. The molecule has 0 unspecified atom stereocenters. The van der Waals surface area contributed by atoms with Crippen LogP contribution in [0.25, 0.3) is 0 Å². The second-order valence-corrected chi connectivity index (χ2v) is 4.82. The van der Waals surface area contributed by atoms with Crippen LogP contribution in [0.15, 0.2) is 0 Å². The Hall–Kier alpha value is 0.110. The monoisotopic (exact) mass is 182 g/mol. The Morgan fingerprint density at radius 1 is 1.09 bits per heavy atom. The molecule has 0 aromatic carbocycles. The molecule has 0 bridgehead atoms. The van der Waals surface area contributed by atoms with E-state index in [0.717, 1.165) is 0 Å². The Kier molecular flexibility index (Phi) is 3.71. The SMILES string of the molecule is COP(=O)(OC)OC(C)(C)C. The van der Waals surface area contributed by atoms with Gasteiger partial charge in [-0.05, 0) is 20.8 Å². The zero-order chi connectivity index (χ0) is 9.12. The fraction of sp³-hybridized carbons (Fsp3) is 1.00. The highest BCUT2D eigenvalue weighted by Crippen LogP contribution is 2.50. The smallest absolute Gasteiger partial charge is 0.290 e. The van der Waals surface area contributed by atoms with Gasteiger partial charge >= 0.3 is 7.82 Å². The van der Waals surface area contributed by atoms with E-state index in [1.807, 2.05) is 0 Å². The summed E-state index contributed by atoms with van der Waals surface area (Å²) >= 11 is 0. The minimum Gasteiger partial charge on any atom is -0.290 e. The maximum absolute atomic E-state index is 11.3. The molecule has 11 heavy (non-hydrogen) atoms. The van der Waals surface area contributed by atoms with Crippen LogP contribution in [0, 0.1) is 0 Å². The Morgan fingerprint density at radius 2 is 1.45 bits per heavy atom. The van der Waals surface area contributed by atoms with Gasteiger partial charge in [0.25, 0.3) is 0 Å². The number of hydrogen-bond acceptors (Lipinski definition) is 4. The highest BCUT2D eigenvalue weighted by Gasteiger charge is 2.29. The molecular weight excluding hydrogens is 167 g/mol. The van der Waals surface area contributed by atoms with Gasteiger partial charge in [0.2, 0.25) is 0 Å². The van der Waals surface area contributed by atoms with E-state index in [2.05, 4.69) is 9.05 Å². The van der Waals surface area contributed by atoms with Crippen molar-refractivity contribution < 1.29 is 18.1 Å². The van der Waals surface area contributed by atoms with E-state index >= 15 is 0 Å². The lowest BCUT2D eigenvalue weighted by molar-refractivity contribution is 0.0617. The molecule has 0 radical (unpaired) electrons. The van der Waals surface area contributed by atoms with Crippen molar-refractivity contribution >= 4 is 7.82 Å². The number of rotatable bonds is 3. The van der Waals surface area contributed by atoms with E-state index in [4.69, 9.17) is 4.52 Å². The summed E-state index contributed by atoms with van der Waals surface area (Å²) in [4.78, 5) is 0. The van der Waals surface area contributed by atoms with Gasteiger partial charge in [0, 0.05) is 14.2 Å². The zero-order valence-electron chi connectivity index (χ0n) is 7.58. The summed E-state index contributed by atoms with van der Waals surface area (Å²) in [5.74, 6) is 0. The first-order valence-electron chi connectivity index (χ1n) is 3.25. The van der Waals surface area contributed by atoms with Crippen molar-refractivity contribution in [1.82, 2.24) is 0 Å². The Balaban J connectivity index is 4.21. The zero-order valence-corrected chi connectivity index (χ0v) is 8.47. The van der Waals surface area contributed by atoms with Gasteiger partial charge in [-0.15, -0.1) is 0 Å². The third-order valence-electron chi connectivity index (χ3n) is 0.833. The molecule has 0 N–H and O–H groups in total. The Morgan fingerprint density at radius 3 is 1.55 bits per heavy atom. The van der Waals surface area contributed by atoms with Crippen molar-refractivity contribution in [1.29, 1.82) is 0 Å². The molecule has 0 aromatic rings. The van der Waals surface area contributed by atoms with Crippen LogP contribution < -0.4 is 0 Å². The molecule has 0 fully saturated rings. The molecule has 0 heterocycles. The normalized spacial score (nSPS) is 13.5. The molecule has 68 valence electrons. The van der Waals surface area contributed by atoms with Gasteiger partial charge in [-0.2, -0.15) is 0 Å². The number of phosphoric ester groups is 1. The van der Waals surface area contributed by atoms with Gasteiger partial charge in [-0.3, -0.25) is 13.6 Å². The molecular formula is C6H15O4P. The first-order valence-corrected chi connectivity index (χ1v) is 4.71. The predicted molar refractivity (Wildman–Crippen MR) is 42.5 cm³/mol. The number of hydrogen-bond donors (Lipinski definition) is 0. The third kappa shape index (κ3) is 4.53. The number of phosphoric acid groups is 1. The van der Waals surface area contributed by atoms with Gasteiger partial charge < -0.3 is 0 Å². The highest BCUT2D eigenvalue weighted by molar-refractivity contribution is 7.48. The second kappa shape index (κ2) is 3.68. The summed E-state index contributed by atoms with van der Waals surface area (Å²) in [5.41, 5.74) is -0.526. The van der Waals surface area contributed by atoms with E-state index in [1.165, 1.54) is 14.2 Å². The molecule has 0 aliphatic rings. The van der Waals surface area contributed by atoms with Gasteiger partial charge in [-0.25, -0.2) is 4.57 Å². The third-order valence-corrected chi connectivity index (χ3v) is 2.50. The Bertz CT molecular complexity index is 152. The second-order valence-electron chi connectivity index (χ2n) is 3.02. The van der Waals surface area contributed by atoms with E-state index in [-0.39, 0.29) is 0 Å². The van der Waals surface area contributed by atoms with E-state index < -0.39 is 13.4 Å². The summed E-state index contributed by atoms with van der Waals surface area (Å²) in [6, 6.07) is 0. The first-order chi connectivity index (χ1) is 4.83. The van der Waals surface area contributed by atoms with Crippen LogP contribution in [0.3, 0.4) is 0 Å². The molecule has 0 amide bonds. The van der Waals surface area contributed by atoms with Crippen LogP contribution >= 0.6 is 7.82 Å². The lowest BCUT2D eigenvalue weighted by atomic mass is 10.2. The summed E-state index contributed by atoms with van der Waals surface area (Å²) in [6.07, 6.45) is 0. The average molecular weight is 182 g/mol. The molecule has 0 aliphatic carbocycles. The largest absolute Gasteiger partial charge is 0.474 e. The van der Waals surface area contributed by atoms with E-state index in [9.17, 15) is 4.57 Å². The molecule has 0 saturated heterocycles. The van der Waals surface area contributed by atoms with Crippen LogP contribution in [0.5, 0.6) is 0 Å². The van der Waals surface area contributed by atoms with Crippen LogP contribution in [0.4, 0.5) is 0 Å². The van der Waals surface area contributed by atoms with Crippen molar-refractivity contribution in [2.75, 3.05) is 14.2 Å². The van der Waals surface area contributed by atoms with Gasteiger partial charge in [0.15, 0.2) is 0 Å². The lowest BCUT2D eigenvalue weighted by Gasteiger charge is -2.23. The molecule has 0 atom stereocenters. The van der Waals surface area contributed by atoms with Gasteiger partial charge in [0.05, 0.1) is 5.60 Å². The van der Waals surface area contributed by atoms with Crippen molar-refractivity contribution in [2.24, 2.45) is 0 Å². The van der Waals surface area contributed by atoms with Crippen LogP contribution in [0.1, 0.15) is 20.8 Å². The minimum atomic E-state index is -3.30. The summed E-state index contributed by atoms with van der Waals surface area (Å²) < 4.78 is 25.5. The molecule has 0 saturated carbocycles. The average Bonchev–Trinajstić information content (AvgIpc) is 1.84. The molecule has 0 spiro atoms. The molecule has 0 aliphatic heterocycles. The maximum Gasteiger partial charge on any atom is 0.474 e. The summed E-state index contributed by atoms with van der Waals surface area (Å²) in [6.45, 7) is 5.33.